The third kappa shape index (κ3) is 3.51. The third-order valence-electron chi connectivity index (χ3n) is 3.39. The van der Waals surface area contributed by atoms with E-state index in [1.54, 1.807) is 6.07 Å². The van der Waals surface area contributed by atoms with Gasteiger partial charge in [0.2, 0.25) is 0 Å². The van der Waals surface area contributed by atoms with Crippen LogP contribution in [0.5, 0.6) is 0 Å². The second-order valence-electron chi connectivity index (χ2n) is 5.31. The van der Waals surface area contributed by atoms with E-state index in [2.05, 4.69) is 43.4 Å². The molecule has 0 saturated heterocycles. The zero-order chi connectivity index (χ0) is 14.7. The van der Waals surface area contributed by atoms with E-state index in [0.717, 1.165) is 11.3 Å². The molecule has 0 aromatic heterocycles. The van der Waals surface area contributed by atoms with Gasteiger partial charge in [-0.05, 0) is 48.2 Å². The van der Waals surface area contributed by atoms with Crippen molar-refractivity contribution in [3.63, 3.8) is 0 Å². The Labute approximate surface area is 124 Å². The maximum atomic E-state index is 13.1. The molecule has 0 aliphatic rings. The van der Waals surface area contributed by atoms with E-state index in [-0.39, 0.29) is 11.9 Å². The minimum Gasteiger partial charge on any atom is -0.378 e. The number of hydrogen-bond donors (Lipinski definition) is 1. The van der Waals surface area contributed by atoms with Gasteiger partial charge in [0.05, 0.1) is 0 Å². The first kappa shape index (κ1) is 14.9. The van der Waals surface area contributed by atoms with Crippen molar-refractivity contribution >= 4 is 17.3 Å². The van der Waals surface area contributed by atoms with E-state index in [1.807, 2.05) is 6.92 Å². The van der Waals surface area contributed by atoms with Crippen molar-refractivity contribution < 1.29 is 4.39 Å². The van der Waals surface area contributed by atoms with Gasteiger partial charge >= 0.3 is 0 Å². The van der Waals surface area contributed by atoms with E-state index in [0.29, 0.717) is 10.9 Å². The van der Waals surface area contributed by atoms with E-state index < -0.39 is 0 Å². The first-order chi connectivity index (χ1) is 9.47. The van der Waals surface area contributed by atoms with E-state index in [9.17, 15) is 4.39 Å². The van der Waals surface area contributed by atoms with Gasteiger partial charge in [-0.3, -0.25) is 0 Å². The smallest absolute Gasteiger partial charge is 0.124 e. The Balaban J connectivity index is 2.12. The Morgan fingerprint density at radius 1 is 1.00 bits per heavy atom. The lowest BCUT2D eigenvalue weighted by molar-refractivity contribution is 0.626. The van der Waals surface area contributed by atoms with Gasteiger partial charge in [0.25, 0.3) is 0 Å². The van der Waals surface area contributed by atoms with Crippen LogP contribution in [0.25, 0.3) is 0 Å². The summed E-state index contributed by atoms with van der Waals surface area (Å²) >= 11 is 6.08. The molecule has 0 radical (unpaired) electrons. The predicted molar refractivity (Wildman–Crippen MR) is 84.0 cm³/mol. The SMILES string of the molecule is CC(C)c1ccc(NC(C)c2ccc(F)cc2Cl)cc1. The van der Waals surface area contributed by atoms with Gasteiger partial charge in [0.15, 0.2) is 0 Å². The summed E-state index contributed by atoms with van der Waals surface area (Å²) in [4.78, 5) is 0. The summed E-state index contributed by atoms with van der Waals surface area (Å²) in [6, 6.07) is 12.9. The fourth-order valence-electron chi connectivity index (χ4n) is 2.14. The average Bonchev–Trinajstić information content (AvgIpc) is 2.39. The van der Waals surface area contributed by atoms with Crippen molar-refractivity contribution in [3.05, 3.63) is 64.4 Å². The molecule has 20 heavy (non-hydrogen) atoms. The molecule has 0 heterocycles. The number of anilines is 1. The molecular formula is C17H19ClFN. The van der Waals surface area contributed by atoms with Crippen LogP contribution in [0, 0.1) is 5.82 Å². The summed E-state index contributed by atoms with van der Waals surface area (Å²) in [6.07, 6.45) is 0. The molecule has 0 aliphatic heterocycles. The van der Waals surface area contributed by atoms with Crippen molar-refractivity contribution in [2.45, 2.75) is 32.7 Å². The van der Waals surface area contributed by atoms with Gasteiger partial charge in [-0.15, -0.1) is 0 Å². The van der Waals surface area contributed by atoms with Gasteiger partial charge in [-0.25, -0.2) is 4.39 Å². The maximum Gasteiger partial charge on any atom is 0.124 e. The summed E-state index contributed by atoms with van der Waals surface area (Å²) in [6.45, 7) is 6.35. The Kier molecular flexibility index (Phi) is 4.66. The number of nitrogens with one attached hydrogen (secondary N) is 1. The van der Waals surface area contributed by atoms with Gasteiger partial charge in [0, 0.05) is 16.8 Å². The highest BCUT2D eigenvalue weighted by atomic mass is 35.5. The number of rotatable bonds is 4. The van der Waals surface area contributed by atoms with Gasteiger partial charge in [-0.2, -0.15) is 0 Å². The summed E-state index contributed by atoms with van der Waals surface area (Å²) in [5.41, 5.74) is 3.23. The number of hydrogen-bond acceptors (Lipinski definition) is 1. The molecular weight excluding hydrogens is 273 g/mol. The molecule has 1 atom stereocenters. The standard InChI is InChI=1S/C17H19ClFN/c1-11(2)13-4-7-15(8-5-13)20-12(3)16-9-6-14(19)10-17(16)18/h4-12,20H,1-3H3. The van der Waals surface area contributed by atoms with E-state index in [1.165, 1.54) is 17.7 Å². The lowest BCUT2D eigenvalue weighted by Crippen LogP contribution is -2.07. The van der Waals surface area contributed by atoms with Crippen molar-refractivity contribution in [2.24, 2.45) is 0 Å². The lowest BCUT2D eigenvalue weighted by Gasteiger charge is -2.17. The maximum absolute atomic E-state index is 13.1. The van der Waals surface area contributed by atoms with Crippen molar-refractivity contribution in [1.29, 1.82) is 0 Å². The van der Waals surface area contributed by atoms with E-state index in [4.69, 9.17) is 11.6 Å². The van der Waals surface area contributed by atoms with Crippen LogP contribution in [0.1, 0.15) is 43.9 Å². The fraction of sp³-hybridized carbons (Fsp3) is 0.294. The van der Waals surface area contributed by atoms with Crippen LogP contribution in [0.15, 0.2) is 42.5 Å². The molecule has 2 aromatic rings. The highest BCUT2D eigenvalue weighted by Crippen LogP contribution is 2.27. The molecule has 0 bridgehead atoms. The topological polar surface area (TPSA) is 12.0 Å². The second kappa shape index (κ2) is 6.27. The molecule has 106 valence electrons. The second-order valence-corrected chi connectivity index (χ2v) is 5.72. The molecule has 0 saturated carbocycles. The van der Waals surface area contributed by atoms with Crippen LogP contribution in [0.2, 0.25) is 5.02 Å². The Bertz CT molecular complexity index is 578. The third-order valence-corrected chi connectivity index (χ3v) is 3.72. The van der Waals surface area contributed by atoms with Crippen LogP contribution in [0.3, 0.4) is 0 Å². The summed E-state index contributed by atoms with van der Waals surface area (Å²) < 4.78 is 13.1. The Morgan fingerprint density at radius 3 is 2.20 bits per heavy atom. The molecule has 1 unspecified atom stereocenters. The van der Waals surface area contributed by atoms with Crippen molar-refractivity contribution in [1.82, 2.24) is 0 Å². The normalized spacial score (nSPS) is 12.5. The fourth-order valence-corrected chi connectivity index (χ4v) is 2.48. The first-order valence-electron chi connectivity index (χ1n) is 6.79. The molecule has 3 heteroatoms. The summed E-state index contributed by atoms with van der Waals surface area (Å²) in [7, 11) is 0. The molecule has 1 nitrogen and oxygen atoms in total. The predicted octanol–water partition coefficient (Wildman–Crippen LogP) is 5.78. The quantitative estimate of drug-likeness (QED) is 0.753. The molecule has 0 spiro atoms. The lowest BCUT2D eigenvalue weighted by atomic mass is 10.0. The highest BCUT2D eigenvalue weighted by molar-refractivity contribution is 6.31. The molecule has 1 N–H and O–H groups in total. The molecule has 0 fully saturated rings. The molecule has 2 rings (SSSR count). The summed E-state index contributed by atoms with van der Waals surface area (Å²) in [5.74, 6) is 0.209. The van der Waals surface area contributed by atoms with Gasteiger partial charge in [0.1, 0.15) is 5.82 Å². The minimum absolute atomic E-state index is 0.0213. The van der Waals surface area contributed by atoms with Crippen LogP contribution in [-0.2, 0) is 0 Å². The number of benzene rings is 2. The van der Waals surface area contributed by atoms with Crippen molar-refractivity contribution in [3.8, 4) is 0 Å². The van der Waals surface area contributed by atoms with Crippen LogP contribution >= 0.6 is 11.6 Å². The van der Waals surface area contributed by atoms with E-state index >= 15 is 0 Å². The Morgan fingerprint density at radius 2 is 1.65 bits per heavy atom. The largest absolute Gasteiger partial charge is 0.378 e. The Hall–Kier alpha value is -1.54. The zero-order valence-corrected chi connectivity index (χ0v) is 12.7. The van der Waals surface area contributed by atoms with Crippen LogP contribution in [-0.4, -0.2) is 0 Å². The number of halogens is 2. The monoisotopic (exact) mass is 291 g/mol. The zero-order valence-electron chi connectivity index (χ0n) is 12.0. The van der Waals surface area contributed by atoms with Gasteiger partial charge in [-0.1, -0.05) is 43.6 Å². The highest BCUT2D eigenvalue weighted by Gasteiger charge is 2.10. The molecule has 2 aromatic carbocycles. The van der Waals surface area contributed by atoms with Crippen molar-refractivity contribution in [2.75, 3.05) is 5.32 Å². The van der Waals surface area contributed by atoms with Crippen LogP contribution in [0.4, 0.5) is 10.1 Å². The summed E-state index contributed by atoms with van der Waals surface area (Å²) in [5, 5.41) is 3.83. The first-order valence-corrected chi connectivity index (χ1v) is 7.16. The minimum atomic E-state index is -0.313. The van der Waals surface area contributed by atoms with Crippen LogP contribution < -0.4 is 5.32 Å². The van der Waals surface area contributed by atoms with Gasteiger partial charge < -0.3 is 5.32 Å². The molecule has 0 amide bonds. The average molecular weight is 292 g/mol. The molecule has 0 aliphatic carbocycles.